The molecule has 84 valence electrons. The van der Waals surface area contributed by atoms with Gasteiger partial charge in [0.1, 0.15) is 12.1 Å². The Morgan fingerprint density at radius 1 is 1.50 bits per heavy atom. The van der Waals surface area contributed by atoms with Crippen LogP contribution in [-0.2, 0) is 6.54 Å². The zero-order chi connectivity index (χ0) is 11.5. The number of thiophene rings is 1. The molecule has 0 aliphatic heterocycles. The normalized spacial score (nSPS) is 10.4. The van der Waals surface area contributed by atoms with Crippen molar-refractivity contribution in [3.63, 3.8) is 0 Å². The fourth-order valence-corrected chi connectivity index (χ4v) is 3.19. The first kappa shape index (κ1) is 12.1. The van der Waals surface area contributed by atoms with Gasteiger partial charge in [0.2, 0.25) is 0 Å². The Morgan fingerprint density at radius 2 is 2.31 bits per heavy atom. The van der Waals surface area contributed by atoms with Crippen LogP contribution in [0.1, 0.15) is 4.88 Å². The van der Waals surface area contributed by atoms with Crippen molar-refractivity contribution >= 4 is 51.3 Å². The fraction of sp³-hybridized carbons (Fsp3) is 0.200. The molecule has 6 heteroatoms. The topological polar surface area (TPSA) is 29.0 Å². The summed E-state index contributed by atoms with van der Waals surface area (Å²) >= 11 is 9.72. The lowest BCUT2D eigenvalue weighted by atomic mass is 10.4. The largest absolute Gasteiger partial charge is 0.354 e. The molecule has 0 unspecified atom stereocenters. The SMILES string of the molecule is CN(Cc1ccc(Cl)s1)c1ncncc1I. The molecule has 0 atom stereocenters. The number of hydrogen-bond acceptors (Lipinski definition) is 4. The van der Waals surface area contributed by atoms with Gasteiger partial charge in [0.05, 0.1) is 14.5 Å². The molecular weight excluding hydrogens is 357 g/mol. The van der Waals surface area contributed by atoms with Crippen molar-refractivity contribution in [3.05, 3.63) is 37.4 Å². The quantitative estimate of drug-likeness (QED) is 0.780. The summed E-state index contributed by atoms with van der Waals surface area (Å²) in [5, 5.41) is 0. The summed E-state index contributed by atoms with van der Waals surface area (Å²) in [5.41, 5.74) is 0. The standard InChI is InChI=1S/C10H9ClIN3S/c1-15(5-7-2-3-9(11)16-7)10-8(12)4-13-6-14-10/h2-4,6H,5H2,1H3. The van der Waals surface area contributed by atoms with Gasteiger partial charge in [-0.1, -0.05) is 11.6 Å². The second kappa shape index (κ2) is 5.29. The smallest absolute Gasteiger partial charge is 0.145 e. The lowest BCUT2D eigenvalue weighted by Gasteiger charge is -2.17. The Balaban J connectivity index is 2.14. The van der Waals surface area contributed by atoms with Crippen molar-refractivity contribution in [2.45, 2.75) is 6.54 Å². The molecule has 0 aliphatic carbocycles. The molecular formula is C10H9ClIN3S. The summed E-state index contributed by atoms with van der Waals surface area (Å²) in [6.07, 6.45) is 3.37. The monoisotopic (exact) mass is 365 g/mol. The van der Waals surface area contributed by atoms with Crippen molar-refractivity contribution in [2.75, 3.05) is 11.9 Å². The summed E-state index contributed by atoms with van der Waals surface area (Å²) in [6, 6.07) is 3.96. The average molecular weight is 366 g/mol. The van der Waals surface area contributed by atoms with Gasteiger partial charge >= 0.3 is 0 Å². The van der Waals surface area contributed by atoms with E-state index in [0.29, 0.717) is 0 Å². The van der Waals surface area contributed by atoms with Crippen LogP contribution >= 0.6 is 45.5 Å². The van der Waals surface area contributed by atoms with Crippen molar-refractivity contribution in [2.24, 2.45) is 0 Å². The van der Waals surface area contributed by atoms with E-state index in [1.807, 2.05) is 19.2 Å². The lowest BCUT2D eigenvalue weighted by Crippen LogP contribution is -2.18. The summed E-state index contributed by atoms with van der Waals surface area (Å²) in [5.74, 6) is 0.945. The number of nitrogens with zero attached hydrogens (tertiary/aromatic N) is 3. The van der Waals surface area contributed by atoms with E-state index in [0.717, 1.165) is 20.3 Å². The molecule has 0 aromatic carbocycles. The van der Waals surface area contributed by atoms with Crippen molar-refractivity contribution < 1.29 is 0 Å². The zero-order valence-electron chi connectivity index (χ0n) is 8.52. The minimum absolute atomic E-state index is 0.810. The minimum Gasteiger partial charge on any atom is -0.354 e. The second-order valence-electron chi connectivity index (χ2n) is 3.26. The first-order chi connectivity index (χ1) is 7.66. The van der Waals surface area contributed by atoms with E-state index in [1.165, 1.54) is 4.88 Å². The molecule has 0 aliphatic rings. The van der Waals surface area contributed by atoms with E-state index in [9.17, 15) is 0 Å². The van der Waals surface area contributed by atoms with Gasteiger partial charge in [0.25, 0.3) is 0 Å². The van der Waals surface area contributed by atoms with Gasteiger partial charge < -0.3 is 4.90 Å². The van der Waals surface area contributed by atoms with Crippen LogP contribution < -0.4 is 4.90 Å². The predicted molar refractivity (Wildman–Crippen MR) is 76.2 cm³/mol. The van der Waals surface area contributed by atoms with Gasteiger partial charge in [-0.3, -0.25) is 0 Å². The number of halogens is 2. The van der Waals surface area contributed by atoms with E-state index in [2.05, 4.69) is 37.5 Å². The number of aromatic nitrogens is 2. The summed E-state index contributed by atoms with van der Waals surface area (Å²) < 4.78 is 1.87. The first-order valence-corrected chi connectivity index (χ1v) is 6.85. The molecule has 0 saturated heterocycles. The number of hydrogen-bond donors (Lipinski definition) is 0. The Labute approximate surface area is 117 Å². The third-order valence-corrected chi connectivity index (χ3v) is 4.01. The van der Waals surface area contributed by atoms with Gasteiger partial charge in [-0.2, -0.15) is 0 Å². The van der Waals surface area contributed by atoms with Crippen LogP contribution in [0.2, 0.25) is 4.34 Å². The molecule has 0 spiro atoms. The molecule has 2 aromatic heterocycles. The van der Waals surface area contributed by atoms with Gasteiger partial charge in [0, 0.05) is 18.1 Å². The van der Waals surface area contributed by atoms with Crippen molar-refractivity contribution in [3.8, 4) is 0 Å². The van der Waals surface area contributed by atoms with Gasteiger partial charge in [-0.25, -0.2) is 9.97 Å². The van der Waals surface area contributed by atoms with Gasteiger partial charge in [-0.15, -0.1) is 11.3 Å². The second-order valence-corrected chi connectivity index (χ2v) is 6.22. The van der Waals surface area contributed by atoms with E-state index >= 15 is 0 Å². The molecule has 0 amide bonds. The van der Waals surface area contributed by atoms with Crippen LogP contribution in [0.5, 0.6) is 0 Å². The minimum atomic E-state index is 0.810. The molecule has 0 bridgehead atoms. The van der Waals surface area contributed by atoms with Crippen LogP contribution in [0.4, 0.5) is 5.82 Å². The molecule has 16 heavy (non-hydrogen) atoms. The Kier molecular flexibility index (Phi) is 3.99. The Hall–Kier alpha value is -0.400. The van der Waals surface area contributed by atoms with Crippen LogP contribution in [0.25, 0.3) is 0 Å². The highest BCUT2D eigenvalue weighted by Gasteiger charge is 2.08. The number of anilines is 1. The highest BCUT2D eigenvalue weighted by Crippen LogP contribution is 2.25. The molecule has 0 saturated carbocycles. The zero-order valence-corrected chi connectivity index (χ0v) is 12.3. The maximum absolute atomic E-state index is 5.89. The van der Waals surface area contributed by atoms with Crippen LogP contribution in [-0.4, -0.2) is 17.0 Å². The molecule has 2 aromatic rings. The van der Waals surface area contributed by atoms with E-state index < -0.39 is 0 Å². The van der Waals surface area contributed by atoms with E-state index in [4.69, 9.17) is 11.6 Å². The first-order valence-electron chi connectivity index (χ1n) is 4.57. The molecule has 2 heterocycles. The summed E-state index contributed by atoms with van der Waals surface area (Å²) in [7, 11) is 2.01. The van der Waals surface area contributed by atoms with Gasteiger partial charge in [0.15, 0.2) is 0 Å². The Bertz CT molecular complexity index is 488. The third-order valence-electron chi connectivity index (χ3n) is 2.03. The van der Waals surface area contributed by atoms with Crippen LogP contribution in [0, 0.1) is 3.57 Å². The maximum Gasteiger partial charge on any atom is 0.145 e. The van der Waals surface area contributed by atoms with Crippen LogP contribution in [0.15, 0.2) is 24.7 Å². The molecule has 0 radical (unpaired) electrons. The van der Waals surface area contributed by atoms with E-state index in [1.54, 1.807) is 23.9 Å². The Morgan fingerprint density at radius 3 is 2.94 bits per heavy atom. The summed E-state index contributed by atoms with van der Waals surface area (Å²) in [4.78, 5) is 11.5. The lowest BCUT2D eigenvalue weighted by molar-refractivity contribution is 0.898. The maximum atomic E-state index is 5.89. The summed E-state index contributed by atoms with van der Waals surface area (Å²) in [6.45, 7) is 0.810. The average Bonchev–Trinajstić information content (AvgIpc) is 2.64. The molecule has 2 rings (SSSR count). The molecule has 0 N–H and O–H groups in total. The molecule has 3 nitrogen and oxygen atoms in total. The van der Waals surface area contributed by atoms with Crippen molar-refractivity contribution in [1.82, 2.24) is 9.97 Å². The fourth-order valence-electron chi connectivity index (χ4n) is 1.33. The highest BCUT2D eigenvalue weighted by molar-refractivity contribution is 14.1. The number of rotatable bonds is 3. The molecule has 0 fully saturated rings. The van der Waals surface area contributed by atoms with Crippen LogP contribution in [0.3, 0.4) is 0 Å². The highest BCUT2D eigenvalue weighted by atomic mass is 127. The third kappa shape index (κ3) is 2.83. The predicted octanol–water partition coefficient (Wildman–Crippen LogP) is 3.43. The van der Waals surface area contributed by atoms with Crippen molar-refractivity contribution in [1.29, 1.82) is 0 Å². The van der Waals surface area contributed by atoms with Gasteiger partial charge in [-0.05, 0) is 34.7 Å². The van der Waals surface area contributed by atoms with E-state index in [-0.39, 0.29) is 0 Å².